The summed E-state index contributed by atoms with van der Waals surface area (Å²) in [5, 5.41) is 3.23. The van der Waals surface area contributed by atoms with Gasteiger partial charge in [-0.25, -0.2) is 19.2 Å². The number of nitrogens with zero attached hydrogens (tertiary/aromatic N) is 5. The molecule has 9 nitrogen and oxygen atoms in total. The largest absolute Gasteiger partial charge is 0.473 e. The number of ether oxygens (including phenoxy) is 2. The molecule has 1 unspecified atom stereocenters. The Morgan fingerprint density at radius 2 is 1.91 bits per heavy atom. The predicted molar refractivity (Wildman–Crippen MR) is 162 cm³/mol. The Morgan fingerprint density at radius 3 is 2.65 bits per heavy atom. The van der Waals surface area contributed by atoms with Crippen molar-refractivity contribution in [1.29, 1.82) is 0 Å². The number of nitrogens with one attached hydrogen (secondary N) is 1. The molecular formula is C32H34ClFN6O3. The van der Waals surface area contributed by atoms with Crippen LogP contribution in [-0.4, -0.2) is 64.4 Å². The number of benzene rings is 2. The SMILES string of the molecule is O=C1NCCN1c1ccc2c(c1)nc(CN1CCC(c3cccc(OCc4ccc(Cl)cc4F)n3)CC1)n2CC1CCO1. The number of halogens is 2. The Kier molecular flexibility index (Phi) is 7.90. The molecule has 3 aliphatic heterocycles. The van der Waals surface area contributed by atoms with Crippen LogP contribution in [0.25, 0.3) is 11.0 Å². The molecule has 2 aromatic heterocycles. The molecule has 3 saturated heterocycles. The molecule has 5 heterocycles. The summed E-state index contributed by atoms with van der Waals surface area (Å²) in [5.74, 6) is 1.45. The van der Waals surface area contributed by atoms with E-state index in [4.69, 9.17) is 31.0 Å². The summed E-state index contributed by atoms with van der Waals surface area (Å²) in [5.41, 5.74) is 4.29. The summed E-state index contributed by atoms with van der Waals surface area (Å²) in [4.78, 5) is 26.3. The number of likely N-dealkylation sites (tertiary alicyclic amines) is 1. The lowest BCUT2D eigenvalue weighted by Crippen LogP contribution is -2.35. The topological polar surface area (TPSA) is 84.8 Å². The van der Waals surface area contributed by atoms with Crippen molar-refractivity contribution < 1.29 is 18.7 Å². The van der Waals surface area contributed by atoms with E-state index in [1.54, 1.807) is 17.0 Å². The maximum absolute atomic E-state index is 14.2. The first-order valence-corrected chi connectivity index (χ1v) is 15.3. The number of carbonyl (C=O) groups is 1. The number of hydrogen-bond donors (Lipinski definition) is 1. The Morgan fingerprint density at radius 1 is 1.05 bits per heavy atom. The first kappa shape index (κ1) is 28.1. The van der Waals surface area contributed by atoms with E-state index in [1.807, 2.05) is 30.3 Å². The Bertz CT molecular complexity index is 1630. The number of anilines is 1. The number of amides is 2. The summed E-state index contributed by atoms with van der Waals surface area (Å²) in [7, 11) is 0. The average molecular weight is 605 g/mol. The van der Waals surface area contributed by atoms with Gasteiger partial charge in [-0.05, 0) is 68.8 Å². The monoisotopic (exact) mass is 604 g/mol. The third-order valence-electron chi connectivity index (χ3n) is 8.67. The zero-order chi connectivity index (χ0) is 29.3. The Hall–Kier alpha value is -3.73. The molecule has 0 radical (unpaired) electrons. The molecular weight excluding hydrogens is 571 g/mol. The van der Waals surface area contributed by atoms with Crippen LogP contribution in [0.4, 0.5) is 14.9 Å². The lowest BCUT2D eigenvalue weighted by Gasteiger charge is -2.32. The number of urea groups is 1. The van der Waals surface area contributed by atoms with Crippen molar-refractivity contribution in [1.82, 2.24) is 24.8 Å². The number of piperidine rings is 1. The molecule has 0 spiro atoms. The second kappa shape index (κ2) is 12.1. The van der Waals surface area contributed by atoms with Crippen molar-refractivity contribution in [2.45, 2.75) is 51.0 Å². The smallest absolute Gasteiger partial charge is 0.321 e. The van der Waals surface area contributed by atoms with Crippen LogP contribution in [0.3, 0.4) is 0 Å². The summed E-state index contributed by atoms with van der Waals surface area (Å²) in [6.45, 7) is 5.60. The van der Waals surface area contributed by atoms with Crippen LogP contribution in [0.15, 0.2) is 54.6 Å². The fourth-order valence-electron chi connectivity index (χ4n) is 6.13. The third-order valence-corrected chi connectivity index (χ3v) is 8.90. The molecule has 3 aliphatic rings. The number of aromatic nitrogens is 3. The quantitative estimate of drug-likeness (QED) is 0.272. The second-order valence-corrected chi connectivity index (χ2v) is 11.9. The lowest BCUT2D eigenvalue weighted by atomic mass is 9.93. The second-order valence-electron chi connectivity index (χ2n) is 11.5. The molecule has 224 valence electrons. The fraction of sp³-hybridized carbons (Fsp3) is 0.406. The van der Waals surface area contributed by atoms with Gasteiger partial charge in [0.1, 0.15) is 18.2 Å². The van der Waals surface area contributed by atoms with E-state index in [0.29, 0.717) is 35.5 Å². The first-order chi connectivity index (χ1) is 21.0. The Labute approximate surface area is 254 Å². The number of hydrogen-bond acceptors (Lipinski definition) is 6. The van der Waals surface area contributed by atoms with E-state index in [0.717, 1.165) is 80.3 Å². The number of fused-ring (bicyclic) bond motifs is 1. The minimum absolute atomic E-state index is 0.0632. The molecule has 1 N–H and O–H groups in total. The van der Waals surface area contributed by atoms with Crippen molar-refractivity contribution in [3.05, 3.63) is 82.5 Å². The van der Waals surface area contributed by atoms with Gasteiger partial charge in [0.25, 0.3) is 0 Å². The number of carbonyl (C=O) groups excluding carboxylic acids is 1. The number of pyridine rings is 1. The van der Waals surface area contributed by atoms with Gasteiger partial charge in [0, 0.05) is 53.6 Å². The molecule has 11 heteroatoms. The zero-order valence-electron chi connectivity index (χ0n) is 23.8. The first-order valence-electron chi connectivity index (χ1n) is 14.9. The van der Waals surface area contributed by atoms with Crippen molar-refractivity contribution >= 4 is 34.4 Å². The van der Waals surface area contributed by atoms with Gasteiger partial charge in [0.15, 0.2) is 0 Å². The molecule has 1 atom stereocenters. The minimum atomic E-state index is -0.385. The van der Waals surface area contributed by atoms with Gasteiger partial charge >= 0.3 is 6.03 Å². The summed E-state index contributed by atoms with van der Waals surface area (Å²) in [6.07, 6.45) is 3.22. The molecule has 7 rings (SSSR count). The predicted octanol–water partition coefficient (Wildman–Crippen LogP) is 5.50. The normalized spacial score (nSPS) is 19.5. The van der Waals surface area contributed by atoms with E-state index in [-0.39, 0.29) is 24.6 Å². The summed E-state index contributed by atoms with van der Waals surface area (Å²) < 4.78 is 28.1. The standard InChI is InChI=1S/C32H34ClFN6O3/c33-23-5-4-22(26(34)16-23)20-43-31-3-1-2-27(37-31)21-8-12-38(13-9-21)19-30-36-28-17-24(39-14-11-35-32(39)41)6-7-29(28)40(30)18-25-10-15-42-25/h1-7,16-17,21,25H,8-15,18-20H2,(H,35,41). The van der Waals surface area contributed by atoms with Crippen LogP contribution in [0.1, 0.15) is 42.3 Å². The van der Waals surface area contributed by atoms with E-state index in [9.17, 15) is 9.18 Å². The van der Waals surface area contributed by atoms with Gasteiger partial charge in [-0.2, -0.15) is 0 Å². The van der Waals surface area contributed by atoms with Crippen molar-refractivity contribution in [3.63, 3.8) is 0 Å². The van der Waals surface area contributed by atoms with Crippen molar-refractivity contribution in [2.24, 2.45) is 0 Å². The van der Waals surface area contributed by atoms with Gasteiger partial charge < -0.3 is 19.4 Å². The minimum Gasteiger partial charge on any atom is -0.473 e. The maximum Gasteiger partial charge on any atom is 0.321 e. The van der Waals surface area contributed by atoms with E-state index in [1.165, 1.54) is 6.07 Å². The molecule has 0 saturated carbocycles. The van der Waals surface area contributed by atoms with E-state index >= 15 is 0 Å². The van der Waals surface area contributed by atoms with Gasteiger partial charge in [-0.1, -0.05) is 23.7 Å². The van der Waals surface area contributed by atoms with Gasteiger partial charge in [0.2, 0.25) is 5.88 Å². The highest BCUT2D eigenvalue weighted by Crippen LogP contribution is 2.31. The molecule has 43 heavy (non-hydrogen) atoms. The highest BCUT2D eigenvalue weighted by Gasteiger charge is 2.27. The molecule has 2 aromatic carbocycles. The van der Waals surface area contributed by atoms with Crippen LogP contribution in [0, 0.1) is 5.82 Å². The van der Waals surface area contributed by atoms with Gasteiger partial charge in [-0.15, -0.1) is 0 Å². The highest BCUT2D eigenvalue weighted by molar-refractivity contribution is 6.30. The molecule has 0 bridgehead atoms. The lowest BCUT2D eigenvalue weighted by molar-refractivity contribution is -0.0592. The van der Waals surface area contributed by atoms with Crippen LogP contribution in [-0.2, 0) is 24.4 Å². The molecule has 4 aromatic rings. The summed E-state index contributed by atoms with van der Waals surface area (Å²) in [6, 6.07) is 16.4. The third kappa shape index (κ3) is 6.04. The number of imidazole rings is 1. The zero-order valence-corrected chi connectivity index (χ0v) is 24.6. The fourth-order valence-corrected chi connectivity index (χ4v) is 6.29. The van der Waals surface area contributed by atoms with E-state index in [2.05, 4.69) is 20.9 Å². The van der Waals surface area contributed by atoms with Crippen molar-refractivity contribution in [2.75, 3.05) is 37.7 Å². The van der Waals surface area contributed by atoms with Crippen LogP contribution >= 0.6 is 11.6 Å². The number of rotatable bonds is 9. The maximum atomic E-state index is 14.2. The summed E-state index contributed by atoms with van der Waals surface area (Å²) >= 11 is 5.86. The van der Waals surface area contributed by atoms with Gasteiger partial charge in [-0.3, -0.25) is 9.80 Å². The Balaban J connectivity index is 1.02. The highest BCUT2D eigenvalue weighted by atomic mass is 35.5. The van der Waals surface area contributed by atoms with Crippen molar-refractivity contribution in [3.8, 4) is 5.88 Å². The molecule has 3 fully saturated rings. The molecule has 2 amide bonds. The molecule has 0 aliphatic carbocycles. The van der Waals surface area contributed by atoms with Crippen LogP contribution in [0.5, 0.6) is 5.88 Å². The van der Waals surface area contributed by atoms with E-state index < -0.39 is 0 Å². The van der Waals surface area contributed by atoms with Crippen LogP contribution in [0.2, 0.25) is 5.02 Å². The average Bonchev–Trinajstić information content (AvgIpc) is 3.57. The van der Waals surface area contributed by atoms with Gasteiger partial charge in [0.05, 0.1) is 30.2 Å². The van der Waals surface area contributed by atoms with Crippen LogP contribution < -0.4 is 15.0 Å².